The number of amides is 2. The second-order valence-corrected chi connectivity index (χ2v) is 8.34. The molecule has 0 radical (unpaired) electrons. The number of hydrogen-bond acceptors (Lipinski definition) is 6. The van der Waals surface area contributed by atoms with Crippen LogP contribution in [0.15, 0.2) is 34.9 Å². The smallest absolute Gasteiger partial charge is 0.290 e. The van der Waals surface area contributed by atoms with E-state index in [1.807, 2.05) is 38.1 Å². The number of likely N-dealkylation sites (tertiary alicyclic amines) is 1. The molecule has 2 aromatic heterocycles. The summed E-state index contributed by atoms with van der Waals surface area (Å²) in [5, 5.41) is 0.949. The van der Waals surface area contributed by atoms with Gasteiger partial charge in [-0.2, -0.15) is 0 Å². The summed E-state index contributed by atoms with van der Waals surface area (Å²) in [6, 6.07) is 7.43. The predicted molar refractivity (Wildman–Crippen MR) is 117 cm³/mol. The highest BCUT2D eigenvalue weighted by Crippen LogP contribution is 2.34. The van der Waals surface area contributed by atoms with Gasteiger partial charge in [-0.1, -0.05) is 18.2 Å². The molecule has 0 aliphatic carbocycles. The fourth-order valence-electron chi connectivity index (χ4n) is 4.58. The minimum atomic E-state index is -0.235. The highest BCUT2D eigenvalue weighted by molar-refractivity contribution is 5.99. The van der Waals surface area contributed by atoms with Crippen LogP contribution in [0, 0.1) is 13.8 Å². The summed E-state index contributed by atoms with van der Waals surface area (Å²) in [4.78, 5) is 39.0. The van der Waals surface area contributed by atoms with Crippen molar-refractivity contribution in [3.8, 4) is 0 Å². The van der Waals surface area contributed by atoms with Crippen LogP contribution < -0.4 is 0 Å². The first-order valence-electron chi connectivity index (χ1n) is 11.0. The molecule has 0 saturated carbocycles. The van der Waals surface area contributed by atoms with E-state index in [2.05, 4.69) is 9.97 Å². The number of para-hydroxylation sites is 1. The van der Waals surface area contributed by atoms with Crippen molar-refractivity contribution < 1.29 is 18.7 Å². The number of carbonyl (C=O) groups is 2. The Morgan fingerprint density at radius 3 is 2.59 bits per heavy atom. The maximum Gasteiger partial charge on any atom is 0.290 e. The van der Waals surface area contributed by atoms with Crippen molar-refractivity contribution in [1.29, 1.82) is 0 Å². The van der Waals surface area contributed by atoms with Crippen molar-refractivity contribution in [2.24, 2.45) is 0 Å². The second kappa shape index (κ2) is 8.35. The number of ether oxygens (including phenoxy) is 1. The van der Waals surface area contributed by atoms with Crippen LogP contribution in [-0.4, -0.2) is 64.4 Å². The SMILES string of the molecule is Cc1nc(C2CCCN2C(=O)c2oc3ccccc3c2C)ncc1C(=O)N1CCOCC1. The van der Waals surface area contributed by atoms with E-state index in [4.69, 9.17) is 9.15 Å². The summed E-state index contributed by atoms with van der Waals surface area (Å²) >= 11 is 0. The van der Waals surface area contributed by atoms with E-state index in [0.29, 0.717) is 61.3 Å². The molecule has 2 saturated heterocycles. The molecule has 2 fully saturated rings. The third kappa shape index (κ3) is 3.54. The molecule has 2 amide bonds. The van der Waals surface area contributed by atoms with E-state index in [1.54, 1.807) is 16.0 Å². The lowest BCUT2D eigenvalue weighted by molar-refractivity contribution is 0.0301. The zero-order chi connectivity index (χ0) is 22.2. The van der Waals surface area contributed by atoms with Crippen molar-refractivity contribution >= 4 is 22.8 Å². The Balaban J connectivity index is 1.40. The molecule has 0 N–H and O–H groups in total. The summed E-state index contributed by atoms with van der Waals surface area (Å²) in [6.07, 6.45) is 3.25. The van der Waals surface area contributed by atoms with Gasteiger partial charge in [-0.25, -0.2) is 9.97 Å². The number of benzene rings is 1. The summed E-state index contributed by atoms with van der Waals surface area (Å²) in [6.45, 7) is 6.59. The number of fused-ring (bicyclic) bond motifs is 1. The molecule has 166 valence electrons. The largest absolute Gasteiger partial charge is 0.451 e. The zero-order valence-corrected chi connectivity index (χ0v) is 18.3. The summed E-state index contributed by atoms with van der Waals surface area (Å²) in [5.41, 5.74) is 2.69. The van der Waals surface area contributed by atoms with E-state index in [-0.39, 0.29) is 17.9 Å². The van der Waals surface area contributed by atoms with E-state index in [9.17, 15) is 9.59 Å². The molecule has 1 unspecified atom stereocenters. The monoisotopic (exact) mass is 434 g/mol. The van der Waals surface area contributed by atoms with Gasteiger partial charge >= 0.3 is 0 Å². The maximum atomic E-state index is 13.4. The fourth-order valence-corrected chi connectivity index (χ4v) is 4.58. The van der Waals surface area contributed by atoms with Crippen LogP contribution in [0.2, 0.25) is 0 Å². The van der Waals surface area contributed by atoms with Crippen LogP contribution in [0.25, 0.3) is 11.0 Å². The van der Waals surface area contributed by atoms with Crippen LogP contribution in [0.1, 0.15) is 56.9 Å². The van der Waals surface area contributed by atoms with Crippen molar-refractivity contribution in [3.63, 3.8) is 0 Å². The Hall–Kier alpha value is -3.26. The molecule has 4 heterocycles. The Bertz CT molecular complexity index is 1180. The third-order valence-corrected chi connectivity index (χ3v) is 6.38. The number of nitrogens with zero attached hydrogens (tertiary/aromatic N) is 4. The maximum absolute atomic E-state index is 13.4. The van der Waals surface area contributed by atoms with Crippen molar-refractivity contribution in [3.05, 3.63) is 58.9 Å². The molecule has 1 aromatic carbocycles. The van der Waals surface area contributed by atoms with Gasteiger partial charge in [0.2, 0.25) is 0 Å². The molecule has 3 aromatic rings. The molecule has 32 heavy (non-hydrogen) atoms. The summed E-state index contributed by atoms with van der Waals surface area (Å²) in [7, 11) is 0. The van der Waals surface area contributed by atoms with Crippen LogP contribution in [0.4, 0.5) is 0 Å². The second-order valence-electron chi connectivity index (χ2n) is 8.34. The molecule has 1 atom stereocenters. The Labute approximate surface area is 186 Å². The first-order valence-corrected chi connectivity index (χ1v) is 11.0. The standard InChI is InChI=1S/C24H26N4O4/c1-15-17-6-3-4-8-20(17)32-21(15)24(30)28-9-5-7-19(28)22-25-14-18(16(2)26-22)23(29)27-10-12-31-13-11-27/h3-4,6,8,14,19H,5,7,9-13H2,1-2H3. The Morgan fingerprint density at radius 2 is 1.84 bits per heavy atom. The number of morpholine rings is 1. The van der Waals surface area contributed by atoms with Gasteiger partial charge in [0.1, 0.15) is 5.58 Å². The van der Waals surface area contributed by atoms with Crippen molar-refractivity contribution in [2.75, 3.05) is 32.8 Å². The topological polar surface area (TPSA) is 88.8 Å². The van der Waals surface area contributed by atoms with Gasteiger partial charge < -0.3 is 19.0 Å². The number of hydrogen-bond donors (Lipinski definition) is 0. The molecule has 0 spiro atoms. The zero-order valence-electron chi connectivity index (χ0n) is 18.3. The summed E-state index contributed by atoms with van der Waals surface area (Å²) < 4.78 is 11.2. The average Bonchev–Trinajstić information content (AvgIpc) is 3.44. The number of rotatable bonds is 3. The van der Waals surface area contributed by atoms with Gasteiger partial charge in [0.25, 0.3) is 11.8 Å². The lowest BCUT2D eigenvalue weighted by atomic mass is 10.1. The molecular weight excluding hydrogens is 408 g/mol. The summed E-state index contributed by atoms with van der Waals surface area (Å²) in [5.74, 6) is 0.722. The highest BCUT2D eigenvalue weighted by Gasteiger charge is 2.35. The van der Waals surface area contributed by atoms with Gasteiger partial charge in [0.15, 0.2) is 11.6 Å². The van der Waals surface area contributed by atoms with Gasteiger partial charge in [-0.05, 0) is 32.8 Å². The van der Waals surface area contributed by atoms with Crippen molar-refractivity contribution in [1.82, 2.24) is 19.8 Å². The number of aryl methyl sites for hydroxylation is 2. The first kappa shape index (κ1) is 20.6. The molecule has 2 aliphatic heterocycles. The van der Waals surface area contributed by atoms with Gasteiger partial charge in [-0.3, -0.25) is 9.59 Å². The fraction of sp³-hybridized carbons (Fsp3) is 0.417. The number of carbonyl (C=O) groups excluding carboxylic acids is 2. The lowest BCUT2D eigenvalue weighted by Gasteiger charge is -2.27. The lowest BCUT2D eigenvalue weighted by Crippen LogP contribution is -2.41. The molecule has 8 heteroatoms. The van der Waals surface area contributed by atoms with Gasteiger partial charge in [0, 0.05) is 36.8 Å². The normalized spacial score (nSPS) is 19.0. The van der Waals surface area contributed by atoms with Crippen LogP contribution >= 0.6 is 0 Å². The number of aromatic nitrogens is 2. The van der Waals surface area contributed by atoms with E-state index >= 15 is 0 Å². The van der Waals surface area contributed by atoms with E-state index < -0.39 is 0 Å². The Kier molecular flexibility index (Phi) is 5.38. The van der Waals surface area contributed by atoms with Crippen molar-refractivity contribution in [2.45, 2.75) is 32.7 Å². The Morgan fingerprint density at radius 1 is 1.06 bits per heavy atom. The molecule has 0 bridgehead atoms. The van der Waals surface area contributed by atoms with E-state index in [1.165, 1.54) is 0 Å². The number of furan rings is 1. The highest BCUT2D eigenvalue weighted by atomic mass is 16.5. The molecule has 2 aliphatic rings. The third-order valence-electron chi connectivity index (χ3n) is 6.38. The van der Waals surface area contributed by atoms with Crippen LogP contribution in [0.5, 0.6) is 0 Å². The molecule has 5 rings (SSSR count). The predicted octanol–water partition coefficient (Wildman–Crippen LogP) is 3.29. The average molecular weight is 434 g/mol. The molecular formula is C24H26N4O4. The quantitative estimate of drug-likeness (QED) is 0.629. The molecule has 8 nitrogen and oxygen atoms in total. The first-order chi connectivity index (χ1) is 15.5. The van der Waals surface area contributed by atoms with E-state index in [0.717, 1.165) is 23.8 Å². The minimum Gasteiger partial charge on any atom is -0.451 e. The minimum absolute atomic E-state index is 0.0744. The van der Waals surface area contributed by atoms with Crippen LogP contribution in [-0.2, 0) is 4.74 Å². The van der Waals surface area contributed by atoms with Gasteiger partial charge in [0.05, 0.1) is 30.5 Å². The van der Waals surface area contributed by atoms with Gasteiger partial charge in [-0.15, -0.1) is 0 Å². The van der Waals surface area contributed by atoms with Crippen LogP contribution in [0.3, 0.4) is 0 Å².